The summed E-state index contributed by atoms with van der Waals surface area (Å²) in [6.45, 7) is 2.57. The predicted octanol–water partition coefficient (Wildman–Crippen LogP) is 4.71. The highest BCUT2D eigenvalue weighted by atomic mass is 19.4. The van der Waals surface area contributed by atoms with E-state index in [1.54, 1.807) is 0 Å². The lowest BCUT2D eigenvalue weighted by atomic mass is 10.1. The first-order valence-corrected chi connectivity index (χ1v) is 8.43. The van der Waals surface area contributed by atoms with Crippen molar-refractivity contribution in [1.29, 1.82) is 0 Å². The number of pyridine rings is 1. The average Bonchev–Trinajstić information content (AvgIpc) is 3.02. The lowest BCUT2D eigenvalue weighted by molar-refractivity contribution is -0.144. The summed E-state index contributed by atoms with van der Waals surface area (Å²) in [6.07, 6.45) is -6.68. The molecular formula is C17H18F6N4. The van der Waals surface area contributed by atoms with Crippen molar-refractivity contribution in [2.45, 2.75) is 38.2 Å². The second-order valence-electron chi connectivity index (χ2n) is 6.33. The fraction of sp³-hybridized carbons (Fsp3) is 0.471. The zero-order chi connectivity index (χ0) is 19.8. The zero-order valence-corrected chi connectivity index (χ0v) is 14.4. The highest BCUT2D eigenvalue weighted by molar-refractivity contribution is 5.94. The largest absolute Gasteiger partial charge is 0.419 e. The summed E-state index contributed by atoms with van der Waals surface area (Å²) in [4.78, 5) is 6.68. The summed E-state index contributed by atoms with van der Waals surface area (Å²) in [5.41, 5.74) is -0.361. The van der Waals surface area contributed by atoms with E-state index in [1.807, 2.05) is 6.08 Å². The van der Waals surface area contributed by atoms with E-state index < -0.39 is 36.1 Å². The van der Waals surface area contributed by atoms with Gasteiger partial charge in [-0.05, 0) is 31.0 Å². The van der Waals surface area contributed by atoms with E-state index in [9.17, 15) is 26.3 Å². The number of halogens is 6. The van der Waals surface area contributed by atoms with E-state index in [-0.39, 0.29) is 11.0 Å². The van der Waals surface area contributed by atoms with Crippen molar-refractivity contribution in [2.75, 3.05) is 18.4 Å². The molecule has 10 heteroatoms. The standard InChI is InChI=1S/C17H18F6N4/c1-2-13(17(21,22)23)27-14-10-6-12(9-4-3-5-24-7-9)26-15(10)25-8-11(14)16(18,19)20/h4,6,8,13,24H,2-3,5,7H2,1H3,(H2,25,26,27)/t13-/m1/s1. The molecule has 0 aromatic carbocycles. The molecular weight excluding hydrogens is 374 g/mol. The minimum Gasteiger partial charge on any atom is -0.373 e. The third kappa shape index (κ3) is 4.05. The Morgan fingerprint density at radius 2 is 1.96 bits per heavy atom. The molecule has 1 atom stereocenters. The van der Waals surface area contributed by atoms with Crippen LogP contribution in [0.2, 0.25) is 0 Å². The lowest BCUT2D eigenvalue weighted by Crippen LogP contribution is -2.36. The van der Waals surface area contributed by atoms with Gasteiger partial charge in [0.2, 0.25) is 0 Å². The first kappa shape index (κ1) is 19.5. The van der Waals surface area contributed by atoms with E-state index in [4.69, 9.17) is 0 Å². The first-order chi connectivity index (χ1) is 12.6. The van der Waals surface area contributed by atoms with Crippen LogP contribution in [0.25, 0.3) is 16.6 Å². The summed E-state index contributed by atoms with van der Waals surface area (Å²) < 4.78 is 79.6. The molecule has 2 aromatic rings. The summed E-state index contributed by atoms with van der Waals surface area (Å²) in [6, 6.07) is -0.680. The van der Waals surface area contributed by atoms with Gasteiger partial charge in [0.1, 0.15) is 11.7 Å². The molecule has 1 aliphatic heterocycles. The number of hydrogen-bond donors (Lipinski definition) is 3. The Morgan fingerprint density at radius 3 is 2.52 bits per heavy atom. The summed E-state index contributed by atoms with van der Waals surface area (Å²) in [5, 5.41) is 5.18. The Kier molecular flexibility index (Phi) is 5.11. The van der Waals surface area contributed by atoms with Crippen molar-refractivity contribution < 1.29 is 26.3 Å². The normalized spacial score (nSPS) is 17.1. The van der Waals surface area contributed by atoms with E-state index >= 15 is 0 Å². The second-order valence-corrected chi connectivity index (χ2v) is 6.33. The fourth-order valence-corrected chi connectivity index (χ4v) is 3.06. The Balaban J connectivity index is 2.14. The molecule has 27 heavy (non-hydrogen) atoms. The van der Waals surface area contributed by atoms with E-state index in [0.29, 0.717) is 18.4 Å². The number of rotatable bonds is 4. The Hall–Kier alpha value is -2.23. The molecule has 3 heterocycles. The highest BCUT2D eigenvalue weighted by Gasteiger charge is 2.41. The lowest BCUT2D eigenvalue weighted by Gasteiger charge is -2.24. The second kappa shape index (κ2) is 7.06. The molecule has 0 amide bonds. The maximum Gasteiger partial charge on any atom is 0.419 e. The van der Waals surface area contributed by atoms with Gasteiger partial charge >= 0.3 is 12.4 Å². The molecule has 0 unspecified atom stereocenters. The van der Waals surface area contributed by atoms with Gasteiger partial charge < -0.3 is 15.6 Å². The van der Waals surface area contributed by atoms with Gasteiger partial charge in [-0.3, -0.25) is 0 Å². The van der Waals surface area contributed by atoms with Gasteiger partial charge in [-0.1, -0.05) is 13.0 Å². The van der Waals surface area contributed by atoms with Crippen LogP contribution < -0.4 is 10.6 Å². The van der Waals surface area contributed by atoms with Crippen molar-refractivity contribution >= 4 is 22.3 Å². The van der Waals surface area contributed by atoms with Crippen LogP contribution in [0.3, 0.4) is 0 Å². The van der Waals surface area contributed by atoms with Crippen molar-refractivity contribution in [3.05, 3.63) is 29.6 Å². The Labute approximate surface area is 151 Å². The molecule has 2 aromatic heterocycles. The third-order valence-corrected chi connectivity index (χ3v) is 4.46. The van der Waals surface area contributed by atoms with Crippen LogP contribution in [-0.4, -0.2) is 35.3 Å². The monoisotopic (exact) mass is 392 g/mol. The summed E-state index contributed by atoms with van der Waals surface area (Å²) >= 11 is 0. The molecule has 3 N–H and O–H groups in total. The minimum atomic E-state index is -4.84. The van der Waals surface area contributed by atoms with Crippen LogP contribution in [0, 0.1) is 0 Å². The molecule has 0 fully saturated rings. The fourth-order valence-electron chi connectivity index (χ4n) is 3.06. The molecule has 0 bridgehead atoms. The van der Waals surface area contributed by atoms with E-state index in [2.05, 4.69) is 20.6 Å². The number of aromatic nitrogens is 2. The van der Waals surface area contributed by atoms with Gasteiger partial charge in [-0.15, -0.1) is 0 Å². The average molecular weight is 392 g/mol. The van der Waals surface area contributed by atoms with Crippen LogP contribution in [0.1, 0.15) is 31.0 Å². The Morgan fingerprint density at radius 1 is 1.22 bits per heavy atom. The zero-order valence-electron chi connectivity index (χ0n) is 14.4. The van der Waals surface area contributed by atoms with Gasteiger partial charge in [0.05, 0.1) is 11.3 Å². The quantitative estimate of drug-likeness (QED) is 0.661. The van der Waals surface area contributed by atoms with Crippen molar-refractivity contribution in [3.63, 3.8) is 0 Å². The highest BCUT2D eigenvalue weighted by Crippen LogP contribution is 2.40. The minimum absolute atomic E-state index is 0.0194. The molecule has 0 aliphatic carbocycles. The van der Waals surface area contributed by atoms with Crippen LogP contribution in [0.5, 0.6) is 0 Å². The van der Waals surface area contributed by atoms with Crippen molar-refractivity contribution in [2.24, 2.45) is 0 Å². The van der Waals surface area contributed by atoms with E-state index in [0.717, 1.165) is 18.5 Å². The molecule has 148 valence electrons. The van der Waals surface area contributed by atoms with Crippen LogP contribution in [0.15, 0.2) is 18.3 Å². The van der Waals surface area contributed by atoms with E-state index in [1.165, 1.54) is 13.0 Å². The Bertz CT molecular complexity index is 849. The molecule has 0 spiro atoms. The molecule has 1 aliphatic rings. The smallest absolute Gasteiger partial charge is 0.373 e. The van der Waals surface area contributed by atoms with Gasteiger partial charge in [-0.25, -0.2) is 4.98 Å². The van der Waals surface area contributed by atoms with Gasteiger partial charge in [-0.2, -0.15) is 26.3 Å². The molecule has 4 nitrogen and oxygen atoms in total. The van der Waals surface area contributed by atoms with Gasteiger partial charge in [0, 0.05) is 23.8 Å². The molecule has 0 saturated heterocycles. The van der Waals surface area contributed by atoms with Crippen LogP contribution in [0.4, 0.5) is 32.0 Å². The third-order valence-electron chi connectivity index (χ3n) is 4.46. The number of fused-ring (bicyclic) bond motifs is 1. The SMILES string of the molecule is CC[C@@H](Nc1c(C(F)(F)F)cnc2[nH]c(C3=CCCNC3)cc12)C(F)(F)F. The van der Waals surface area contributed by atoms with Gasteiger partial charge in [0.25, 0.3) is 0 Å². The summed E-state index contributed by atoms with van der Waals surface area (Å²) in [5.74, 6) is 0. The predicted molar refractivity (Wildman–Crippen MR) is 90.3 cm³/mol. The van der Waals surface area contributed by atoms with Crippen molar-refractivity contribution in [1.82, 2.24) is 15.3 Å². The maximum absolute atomic E-state index is 13.4. The number of alkyl halides is 6. The number of aromatic amines is 1. The number of nitrogens with zero attached hydrogens (tertiary/aromatic N) is 1. The number of H-pyrrole nitrogens is 1. The molecule has 0 radical (unpaired) electrons. The molecule has 3 rings (SSSR count). The van der Waals surface area contributed by atoms with Crippen LogP contribution >= 0.6 is 0 Å². The molecule has 0 saturated carbocycles. The van der Waals surface area contributed by atoms with Gasteiger partial charge in [0.15, 0.2) is 0 Å². The maximum atomic E-state index is 13.4. The van der Waals surface area contributed by atoms with Crippen molar-refractivity contribution in [3.8, 4) is 0 Å². The topological polar surface area (TPSA) is 52.7 Å². The number of nitrogens with one attached hydrogen (secondary N) is 3. The number of hydrogen-bond acceptors (Lipinski definition) is 3. The summed E-state index contributed by atoms with van der Waals surface area (Å²) in [7, 11) is 0. The van der Waals surface area contributed by atoms with Crippen LogP contribution in [-0.2, 0) is 6.18 Å². The first-order valence-electron chi connectivity index (χ1n) is 8.43. The number of anilines is 1.